The molecule has 16 heavy (non-hydrogen) atoms. The number of aliphatic hydroxyl groups excluding tert-OH is 1. The van der Waals surface area contributed by atoms with Crippen molar-refractivity contribution < 1.29 is 9.84 Å². The van der Waals surface area contributed by atoms with Gasteiger partial charge in [0.2, 0.25) is 0 Å². The third-order valence-corrected chi connectivity index (χ3v) is 4.14. The van der Waals surface area contributed by atoms with Gasteiger partial charge in [-0.05, 0) is 29.9 Å². The van der Waals surface area contributed by atoms with Crippen LogP contribution in [-0.4, -0.2) is 30.6 Å². The highest BCUT2D eigenvalue weighted by molar-refractivity contribution is 7.99. The Morgan fingerprint density at radius 3 is 3.12 bits per heavy atom. The van der Waals surface area contributed by atoms with Gasteiger partial charge in [-0.1, -0.05) is 6.07 Å². The van der Waals surface area contributed by atoms with E-state index in [9.17, 15) is 0 Å². The normalized spacial score (nSPS) is 21.3. The van der Waals surface area contributed by atoms with Crippen LogP contribution < -0.4 is 10.5 Å². The summed E-state index contributed by atoms with van der Waals surface area (Å²) in [4.78, 5) is 1.24. The van der Waals surface area contributed by atoms with Gasteiger partial charge in [0, 0.05) is 16.9 Å². The van der Waals surface area contributed by atoms with Crippen molar-refractivity contribution in [3.8, 4) is 5.75 Å². The molecule has 88 valence electrons. The van der Waals surface area contributed by atoms with Crippen LogP contribution in [0.15, 0.2) is 23.1 Å². The Kier molecular flexibility index (Phi) is 3.74. The lowest BCUT2D eigenvalue weighted by molar-refractivity contribution is 0.246. The van der Waals surface area contributed by atoms with E-state index in [1.54, 1.807) is 7.11 Å². The number of hydrogen-bond donors (Lipinski definition) is 2. The van der Waals surface area contributed by atoms with Crippen LogP contribution in [0.3, 0.4) is 0 Å². The van der Waals surface area contributed by atoms with E-state index in [1.807, 2.05) is 17.8 Å². The highest BCUT2D eigenvalue weighted by Gasteiger charge is 2.25. The first kappa shape index (κ1) is 11.8. The van der Waals surface area contributed by atoms with Crippen molar-refractivity contribution in [2.24, 2.45) is 5.73 Å². The number of rotatable bonds is 3. The van der Waals surface area contributed by atoms with Gasteiger partial charge in [-0.25, -0.2) is 0 Å². The summed E-state index contributed by atoms with van der Waals surface area (Å²) in [6.07, 6.45) is 1.03. The fourth-order valence-electron chi connectivity index (χ4n) is 2.10. The van der Waals surface area contributed by atoms with Crippen LogP contribution in [0.4, 0.5) is 0 Å². The molecule has 0 amide bonds. The zero-order valence-electron chi connectivity index (χ0n) is 9.35. The summed E-state index contributed by atoms with van der Waals surface area (Å²) >= 11 is 1.83. The van der Waals surface area contributed by atoms with Crippen molar-refractivity contribution >= 4 is 11.8 Å². The maximum Gasteiger partial charge on any atom is 0.119 e. The molecule has 0 aliphatic carbocycles. The van der Waals surface area contributed by atoms with Crippen molar-refractivity contribution in [3.05, 3.63) is 23.8 Å². The Bertz CT molecular complexity index is 370. The molecule has 1 heterocycles. The van der Waals surface area contributed by atoms with Gasteiger partial charge >= 0.3 is 0 Å². The molecule has 3 N–H and O–H groups in total. The maximum absolute atomic E-state index is 9.16. The van der Waals surface area contributed by atoms with Gasteiger partial charge in [0.1, 0.15) is 5.75 Å². The van der Waals surface area contributed by atoms with Gasteiger partial charge in [0.15, 0.2) is 0 Å². The first-order chi connectivity index (χ1) is 7.76. The van der Waals surface area contributed by atoms with Crippen LogP contribution in [0.25, 0.3) is 0 Å². The van der Waals surface area contributed by atoms with Gasteiger partial charge in [-0.2, -0.15) is 0 Å². The zero-order chi connectivity index (χ0) is 11.5. The van der Waals surface area contributed by atoms with Crippen molar-refractivity contribution in [1.29, 1.82) is 0 Å². The highest BCUT2D eigenvalue weighted by Crippen LogP contribution is 2.40. The fraction of sp³-hybridized carbons (Fsp3) is 0.500. The van der Waals surface area contributed by atoms with E-state index in [2.05, 4.69) is 12.1 Å². The van der Waals surface area contributed by atoms with Crippen LogP contribution >= 0.6 is 11.8 Å². The second-order valence-electron chi connectivity index (χ2n) is 3.99. The van der Waals surface area contributed by atoms with Gasteiger partial charge in [0.05, 0.1) is 13.7 Å². The largest absolute Gasteiger partial charge is 0.497 e. The third-order valence-electron chi connectivity index (χ3n) is 3.03. The van der Waals surface area contributed by atoms with Crippen LogP contribution in [0, 0.1) is 0 Å². The molecule has 1 aromatic rings. The summed E-state index contributed by atoms with van der Waals surface area (Å²) in [7, 11) is 1.67. The number of thioether (sulfide) groups is 1. The average Bonchev–Trinajstić information content (AvgIpc) is 2.36. The van der Waals surface area contributed by atoms with Crippen LogP contribution in [0.1, 0.15) is 17.9 Å². The SMILES string of the molecule is COc1ccc2c(c1)SCCC2C(N)CO. The summed E-state index contributed by atoms with van der Waals surface area (Å²) in [5, 5.41) is 9.16. The molecule has 4 heteroatoms. The lowest BCUT2D eigenvalue weighted by Gasteiger charge is -2.29. The van der Waals surface area contributed by atoms with Crippen molar-refractivity contribution in [2.45, 2.75) is 23.3 Å². The number of hydrogen-bond acceptors (Lipinski definition) is 4. The van der Waals surface area contributed by atoms with Crippen LogP contribution in [0.5, 0.6) is 5.75 Å². The van der Waals surface area contributed by atoms with E-state index in [0.717, 1.165) is 17.9 Å². The predicted molar refractivity (Wildman–Crippen MR) is 66.1 cm³/mol. The van der Waals surface area contributed by atoms with Crippen molar-refractivity contribution in [2.75, 3.05) is 19.5 Å². The molecule has 0 fully saturated rings. The van der Waals surface area contributed by atoms with E-state index in [0.29, 0.717) is 0 Å². The number of methoxy groups -OCH3 is 1. The molecule has 0 aromatic heterocycles. The van der Waals surface area contributed by atoms with Crippen LogP contribution in [-0.2, 0) is 0 Å². The average molecular weight is 239 g/mol. The molecule has 0 bridgehead atoms. The van der Waals surface area contributed by atoms with Crippen LogP contribution in [0.2, 0.25) is 0 Å². The van der Waals surface area contributed by atoms with E-state index < -0.39 is 0 Å². The van der Waals surface area contributed by atoms with E-state index in [4.69, 9.17) is 15.6 Å². The smallest absolute Gasteiger partial charge is 0.119 e. The minimum Gasteiger partial charge on any atom is -0.497 e. The summed E-state index contributed by atoms with van der Waals surface area (Å²) < 4.78 is 5.21. The monoisotopic (exact) mass is 239 g/mol. The Balaban J connectivity index is 2.32. The molecular weight excluding hydrogens is 222 g/mol. The van der Waals surface area contributed by atoms with Crippen molar-refractivity contribution in [3.63, 3.8) is 0 Å². The molecule has 2 atom stereocenters. The van der Waals surface area contributed by atoms with Gasteiger partial charge in [-0.15, -0.1) is 11.8 Å². The number of ether oxygens (including phenoxy) is 1. The molecule has 0 spiro atoms. The highest BCUT2D eigenvalue weighted by atomic mass is 32.2. The minimum atomic E-state index is -0.159. The lowest BCUT2D eigenvalue weighted by atomic mass is 9.89. The molecular formula is C12H17NO2S. The summed E-state index contributed by atoms with van der Waals surface area (Å²) in [5.74, 6) is 2.20. The number of benzene rings is 1. The summed E-state index contributed by atoms with van der Waals surface area (Å²) in [6.45, 7) is 0.0425. The molecule has 2 unspecified atom stereocenters. The number of fused-ring (bicyclic) bond motifs is 1. The topological polar surface area (TPSA) is 55.5 Å². The Morgan fingerprint density at radius 2 is 2.44 bits per heavy atom. The van der Waals surface area contributed by atoms with Gasteiger partial charge in [0.25, 0.3) is 0 Å². The third kappa shape index (κ3) is 2.19. The van der Waals surface area contributed by atoms with Gasteiger partial charge in [-0.3, -0.25) is 0 Å². The molecule has 1 aromatic carbocycles. The second-order valence-corrected chi connectivity index (χ2v) is 5.13. The lowest BCUT2D eigenvalue weighted by Crippen LogP contribution is -2.33. The Hall–Kier alpha value is -0.710. The number of nitrogens with two attached hydrogens (primary N) is 1. The van der Waals surface area contributed by atoms with E-state index in [-0.39, 0.29) is 18.6 Å². The zero-order valence-corrected chi connectivity index (χ0v) is 10.2. The van der Waals surface area contributed by atoms with E-state index >= 15 is 0 Å². The molecule has 3 nitrogen and oxygen atoms in total. The standard InChI is InChI=1S/C12H17NO2S/c1-15-8-2-3-10-9(11(13)7-14)4-5-16-12(10)6-8/h2-3,6,9,11,14H,4-5,7,13H2,1H3. The van der Waals surface area contributed by atoms with Gasteiger partial charge < -0.3 is 15.6 Å². The Morgan fingerprint density at radius 1 is 1.62 bits per heavy atom. The molecule has 2 rings (SSSR count). The molecule has 0 radical (unpaired) electrons. The molecule has 0 saturated heterocycles. The summed E-state index contributed by atoms with van der Waals surface area (Å²) in [5.41, 5.74) is 7.19. The first-order valence-corrected chi connectivity index (χ1v) is 6.42. The first-order valence-electron chi connectivity index (χ1n) is 5.43. The molecule has 1 aliphatic heterocycles. The fourth-order valence-corrected chi connectivity index (χ4v) is 3.27. The number of aliphatic hydroxyl groups is 1. The maximum atomic E-state index is 9.16. The minimum absolute atomic E-state index is 0.0425. The Labute approximate surface area is 100.0 Å². The predicted octanol–water partition coefficient (Wildman–Crippen LogP) is 1.59. The molecule has 1 aliphatic rings. The summed E-state index contributed by atoms with van der Waals surface area (Å²) in [6, 6.07) is 5.92. The molecule has 0 saturated carbocycles. The van der Waals surface area contributed by atoms with Crippen molar-refractivity contribution in [1.82, 2.24) is 0 Å². The van der Waals surface area contributed by atoms with E-state index in [1.165, 1.54) is 10.5 Å². The second kappa shape index (κ2) is 5.08. The quantitative estimate of drug-likeness (QED) is 0.841.